The van der Waals surface area contributed by atoms with Gasteiger partial charge in [0.05, 0.1) is 23.9 Å². The standard InChI is InChI=1S/C24H28N2O8/c1-26-11-9-23-20-13-2-3-14(27)21(20)34-22(23)15(6-8-24(23,32)16(26)12-13)33-19(31)7-10-25-17(28)4-5-18(29)30/h2-3,6,16,22,27,32H,4-5,7-12H2,1H3,(H,25,28)(H,29,30)/t16-,22?,23?,24-/m1/s1. The van der Waals surface area contributed by atoms with Gasteiger partial charge < -0.3 is 35.0 Å². The van der Waals surface area contributed by atoms with Crippen molar-refractivity contribution >= 4 is 17.8 Å². The number of carboxylic acids is 1. The highest BCUT2D eigenvalue weighted by Crippen LogP contribution is 2.65. The van der Waals surface area contributed by atoms with Gasteiger partial charge in [-0.3, -0.25) is 14.4 Å². The number of hydrogen-bond donors (Lipinski definition) is 4. The number of aromatic hydroxyl groups is 1. The summed E-state index contributed by atoms with van der Waals surface area (Å²) in [7, 11) is 2.00. The predicted molar refractivity (Wildman–Crippen MR) is 117 cm³/mol. The molecule has 182 valence electrons. The number of piperidine rings is 1. The van der Waals surface area contributed by atoms with E-state index in [2.05, 4.69) is 10.2 Å². The van der Waals surface area contributed by atoms with E-state index in [4.69, 9.17) is 14.6 Å². The summed E-state index contributed by atoms with van der Waals surface area (Å²) in [5, 5.41) is 33.7. The van der Waals surface area contributed by atoms with Gasteiger partial charge in [0.1, 0.15) is 5.76 Å². The zero-order chi connectivity index (χ0) is 24.3. The van der Waals surface area contributed by atoms with Gasteiger partial charge in [-0.05, 0) is 44.1 Å². The number of carboxylic acid groups (broad SMARTS) is 1. The fourth-order valence-electron chi connectivity index (χ4n) is 6.23. The molecule has 1 saturated heterocycles. The molecule has 2 heterocycles. The lowest BCUT2D eigenvalue weighted by atomic mass is 9.50. The van der Waals surface area contributed by atoms with E-state index in [0.29, 0.717) is 24.4 Å². The molecule has 1 aromatic rings. The highest BCUT2D eigenvalue weighted by Gasteiger charge is 2.72. The average molecular weight is 472 g/mol. The molecule has 0 radical (unpaired) electrons. The van der Waals surface area contributed by atoms with E-state index < -0.39 is 35.0 Å². The summed E-state index contributed by atoms with van der Waals surface area (Å²) in [5.41, 5.74) is -0.128. The molecule has 4 aliphatic rings. The topological polar surface area (TPSA) is 146 Å². The largest absolute Gasteiger partial charge is 0.504 e. The van der Waals surface area contributed by atoms with Crippen molar-refractivity contribution in [1.82, 2.24) is 10.2 Å². The molecule has 1 amide bonds. The van der Waals surface area contributed by atoms with E-state index in [0.717, 1.165) is 17.7 Å². The Morgan fingerprint density at radius 2 is 2.06 bits per heavy atom. The minimum absolute atomic E-state index is 0.00278. The van der Waals surface area contributed by atoms with Crippen molar-refractivity contribution in [3.05, 3.63) is 35.1 Å². The van der Waals surface area contributed by atoms with E-state index in [9.17, 15) is 24.6 Å². The van der Waals surface area contributed by atoms with Crippen LogP contribution in [0.3, 0.4) is 0 Å². The van der Waals surface area contributed by atoms with Crippen LogP contribution >= 0.6 is 0 Å². The fourth-order valence-corrected chi connectivity index (χ4v) is 6.23. The van der Waals surface area contributed by atoms with Crippen LogP contribution in [-0.4, -0.2) is 75.9 Å². The highest BCUT2D eigenvalue weighted by atomic mass is 16.6. The summed E-state index contributed by atoms with van der Waals surface area (Å²) in [6, 6.07) is 3.35. The summed E-state index contributed by atoms with van der Waals surface area (Å²) in [5.74, 6) is -1.44. The maximum atomic E-state index is 12.6. The first-order valence-corrected chi connectivity index (χ1v) is 11.5. The van der Waals surface area contributed by atoms with E-state index in [1.807, 2.05) is 13.1 Å². The minimum atomic E-state index is -1.13. The summed E-state index contributed by atoms with van der Waals surface area (Å²) >= 11 is 0. The Morgan fingerprint density at radius 3 is 2.82 bits per heavy atom. The highest BCUT2D eigenvalue weighted by molar-refractivity contribution is 5.81. The smallest absolute Gasteiger partial charge is 0.312 e. The second-order valence-corrected chi connectivity index (χ2v) is 9.57. The minimum Gasteiger partial charge on any atom is -0.504 e. The Morgan fingerprint density at radius 1 is 1.26 bits per heavy atom. The zero-order valence-corrected chi connectivity index (χ0v) is 18.9. The Labute approximate surface area is 196 Å². The Hall–Kier alpha value is -3.11. The molecule has 2 aliphatic heterocycles. The number of benzene rings is 1. The maximum Gasteiger partial charge on any atom is 0.312 e. The third kappa shape index (κ3) is 3.19. The van der Waals surface area contributed by atoms with Crippen molar-refractivity contribution in [2.24, 2.45) is 0 Å². The molecular weight excluding hydrogens is 444 g/mol. The van der Waals surface area contributed by atoms with E-state index in [1.54, 1.807) is 12.1 Å². The predicted octanol–water partition coefficient (Wildman–Crippen LogP) is 0.584. The first kappa shape index (κ1) is 22.7. The number of carbonyl (C=O) groups is 3. The number of phenolic OH excluding ortho intramolecular Hbond substituents is 1. The first-order chi connectivity index (χ1) is 16.2. The van der Waals surface area contributed by atoms with Gasteiger partial charge in [0.25, 0.3) is 0 Å². The van der Waals surface area contributed by atoms with Crippen molar-refractivity contribution in [2.75, 3.05) is 20.1 Å². The van der Waals surface area contributed by atoms with Crippen LogP contribution in [0.2, 0.25) is 0 Å². The number of esters is 1. The van der Waals surface area contributed by atoms with Gasteiger partial charge in [-0.2, -0.15) is 0 Å². The van der Waals surface area contributed by atoms with Gasteiger partial charge in [-0.15, -0.1) is 0 Å². The Kier molecular flexibility index (Phi) is 5.33. The molecule has 2 unspecified atom stereocenters. The van der Waals surface area contributed by atoms with E-state index >= 15 is 0 Å². The number of nitrogens with one attached hydrogen (secondary N) is 1. The number of ether oxygens (including phenoxy) is 2. The van der Waals surface area contributed by atoms with E-state index in [-0.39, 0.29) is 44.0 Å². The van der Waals surface area contributed by atoms with Gasteiger partial charge >= 0.3 is 11.9 Å². The number of aliphatic hydroxyl groups is 1. The number of phenols is 1. The van der Waals surface area contributed by atoms with Crippen molar-refractivity contribution < 1.29 is 39.2 Å². The molecule has 1 fully saturated rings. The number of likely N-dealkylation sites (tertiary alicyclic amines) is 1. The molecule has 5 rings (SSSR count). The molecule has 2 aliphatic carbocycles. The second kappa shape index (κ2) is 7.99. The molecule has 1 aromatic carbocycles. The van der Waals surface area contributed by atoms with Crippen LogP contribution in [0.1, 0.15) is 43.2 Å². The zero-order valence-electron chi connectivity index (χ0n) is 18.9. The molecule has 34 heavy (non-hydrogen) atoms. The van der Waals surface area contributed by atoms with Gasteiger partial charge in [0.2, 0.25) is 5.91 Å². The SMILES string of the molecule is CN1CCC23c4c5ccc(O)c4OC2C(OC(=O)CCNC(=O)CCC(=O)O)=CC[C@@]3(O)[C@H]1C5. The van der Waals surface area contributed by atoms with Crippen LogP contribution in [0.25, 0.3) is 0 Å². The van der Waals surface area contributed by atoms with Crippen LogP contribution in [0.15, 0.2) is 24.0 Å². The lowest BCUT2D eigenvalue weighted by Gasteiger charge is -2.61. The van der Waals surface area contributed by atoms with Crippen LogP contribution in [0, 0.1) is 0 Å². The molecule has 10 heteroatoms. The Balaban J connectivity index is 1.36. The van der Waals surface area contributed by atoms with Gasteiger partial charge in [-0.25, -0.2) is 0 Å². The van der Waals surface area contributed by atoms with Crippen LogP contribution in [-0.2, 0) is 31.0 Å². The van der Waals surface area contributed by atoms with Crippen molar-refractivity contribution in [3.63, 3.8) is 0 Å². The summed E-state index contributed by atoms with van der Waals surface area (Å²) in [6.45, 7) is 0.744. The lowest BCUT2D eigenvalue weighted by Crippen LogP contribution is -2.74. The Bertz CT molecular complexity index is 1100. The molecule has 2 bridgehead atoms. The van der Waals surface area contributed by atoms with Crippen LogP contribution < -0.4 is 10.1 Å². The summed E-state index contributed by atoms with van der Waals surface area (Å²) in [6.07, 6.45) is 1.91. The van der Waals surface area contributed by atoms with Gasteiger partial charge in [0, 0.05) is 31.0 Å². The number of nitrogens with zero attached hydrogens (tertiary/aromatic N) is 1. The van der Waals surface area contributed by atoms with Crippen molar-refractivity contribution in [2.45, 2.75) is 61.7 Å². The van der Waals surface area contributed by atoms with Crippen molar-refractivity contribution in [3.8, 4) is 11.5 Å². The van der Waals surface area contributed by atoms with Gasteiger partial charge in [-0.1, -0.05) is 6.07 Å². The van der Waals surface area contributed by atoms with Crippen LogP contribution in [0.4, 0.5) is 0 Å². The van der Waals surface area contributed by atoms with E-state index in [1.165, 1.54) is 0 Å². The third-order valence-electron chi connectivity index (χ3n) is 7.80. The quantitative estimate of drug-likeness (QED) is 0.419. The molecule has 4 N–H and O–H groups in total. The lowest BCUT2D eigenvalue weighted by molar-refractivity contribution is -0.169. The normalized spacial score (nSPS) is 30.6. The molecule has 0 aromatic heterocycles. The second-order valence-electron chi connectivity index (χ2n) is 9.57. The molecule has 1 spiro atoms. The third-order valence-corrected chi connectivity index (χ3v) is 7.80. The number of carbonyl (C=O) groups excluding carboxylic acids is 2. The number of hydrogen-bond acceptors (Lipinski definition) is 8. The molecule has 0 saturated carbocycles. The maximum absolute atomic E-state index is 12.6. The first-order valence-electron chi connectivity index (χ1n) is 11.5. The summed E-state index contributed by atoms with van der Waals surface area (Å²) in [4.78, 5) is 37.0. The summed E-state index contributed by atoms with van der Waals surface area (Å²) < 4.78 is 11.9. The average Bonchev–Trinajstić information content (AvgIpc) is 3.14. The molecular formula is C24H28N2O8. The molecule has 4 atom stereocenters. The monoisotopic (exact) mass is 472 g/mol. The number of likely N-dealkylation sites (N-methyl/N-ethyl adjacent to an activating group) is 1. The fraction of sp³-hybridized carbons (Fsp3) is 0.542. The van der Waals surface area contributed by atoms with Crippen LogP contribution in [0.5, 0.6) is 11.5 Å². The number of amides is 1. The van der Waals surface area contributed by atoms with Crippen molar-refractivity contribution in [1.29, 1.82) is 0 Å². The number of rotatable bonds is 7. The number of aliphatic carboxylic acids is 1. The molecule has 10 nitrogen and oxygen atoms in total. The van der Waals surface area contributed by atoms with Gasteiger partial charge in [0.15, 0.2) is 17.6 Å².